The van der Waals surface area contributed by atoms with Crippen LogP contribution in [0, 0.1) is 0 Å². The van der Waals surface area contributed by atoms with Crippen LogP contribution in [0.1, 0.15) is 44.7 Å². The number of amides is 1. The van der Waals surface area contributed by atoms with E-state index in [2.05, 4.69) is 55.7 Å². The summed E-state index contributed by atoms with van der Waals surface area (Å²) in [5, 5.41) is 6.31. The molecule has 0 radical (unpaired) electrons. The zero-order valence-corrected chi connectivity index (χ0v) is 16.1. The minimum absolute atomic E-state index is 0. The first-order chi connectivity index (χ1) is 10.9. The summed E-state index contributed by atoms with van der Waals surface area (Å²) in [5.74, 6) is 0.0211. The predicted molar refractivity (Wildman–Crippen MR) is 101 cm³/mol. The largest absolute Gasteiger partial charge is 0.368 e. The fourth-order valence-corrected chi connectivity index (χ4v) is 3.01. The van der Waals surface area contributed by atoms with Crippen molar-refractivity contribution < 1.29 is 9.53 Å². The van der Waals surface area contributed by atoms with Crippen molar-refractivity contribution in [2.75, 3.05) is 26.7 Å². The van der Waals surface area contributed by atoms with E-state index in [4.69, 9.17) is 4.74 Å². The Hall–Kier alpha value is -1.10. The number of hydrogen-bond acceptors (Lipinski definition) is 3. The van der Waals surface area contributed by atoms with Gasteiger partial charge in [0.15, 0.2) is 0 Å². The first kappa shape index (κ1) is 20.9. The van der Waals surface area contributed by atoms with Crippen LogP contribution in [-0.4, -0.2) is 38.3 Å². The smallest absolute Gasteiger partial charge is 0.252 e. The highest BCUT2D eigenvalue weighted by atomic mass is 35.5. The second-order valence-corrected chi connectivity index (χ2v) is 7.40. The Morgan fingerprint density at radius 2 is 1.79 bits per heavy atom. The van der Waals surface area contributed by atoms with Crippen molar-refractivity contribution in [3.8, 4) is 0 Å². The maximum atomic E-state index is 12.5. The molecule has 24 heavy (non-hydrogen) atoms. The van der Waals surface area contributed by atoms with E-state index >= 15 is 0 Å². The third kappa shape index (κ3) is 5.20. The predicted octanol–water partition coefficient (Wildman–Crippen LogP) is 2.83. The van der Waals surface area contributed by atoms with Gasteiger partial charge in [-0.1, -0.05) is 45.0 Å². The van der Waals surface area contributed by atoms with E-state index in [0.29, 0.717) is 6.54 Å². The molecule has 136 valence electrons. The summed E-state index contributed by atoms with van der Waals surface area (Å²) < 4.78 is 5.54. The van der Waals surface area contributed by atoms with Crippen LogP contribution in [-0.2, 0) is 21.4 Å². The average Bonchev–Trinajstić information content (AvgIpc) is 2.55. The highest BCUT2D eigenvalue weighted by molar-refractivity contribution is 5.85. The second kappa shape index (κ2) is 8.84. The molecule has 0 unspecified atom stereocenters. The molecule has 2 rings (SSSR count). The fraction of sp³-hybridized carbons (Fsp3) is 0.632. The molecule has 0 spiro atoms. The summed E-state index contributed by atoms with van der Waals surface area (Å²) in [6.45, 7) is 8.94. The molecule has 1 aliphatic heterocycles. The molecule has 1 saturated heterocycles. The molecule has 1 aromatic carbocycles. The molecular formula is C19H31ClN2O2. The van der Waals surface area contributed by atoms with Gasteiger partial charge in [0.1, 0.15) is 5.60 Å². The second-order valence-electron chi connectivity index (χ2n) is 7.40. The van der Waals surface area contributed by atoms with Gasteiger partial charge in [0.25, 0.3) is 5.91 Å². The van der Waals surface area contributed by atoms with Crippen LogP contribution in [0.3, 0.4) is 0 Å². The minimum Gasteiger partial charge on any atom is -0.368 e. The van der Waals surface area contributed by atoms with Crippen LogP contribution in [0.5, 0.6) is 0 Å². The number of methoxy groups -OCH3 is 1. The zero-order valence-electron chi connectivity index (χ0n) is 15.3. The SMILES string of the molecule is COC1(C(=O)NCCc2ccc(C(C)(C)C)cc2)CCNCC1.Cl. The molecule has 1 fully saturated rings. The van der Waals surface area contributed by atoms with Gasteiger partial charge in [-0.3, -0.25) is 4.79 Å². The molecule has 1 amide bonds. The molecule has 1 aromatic rings. The van der Waals surface area contributed by atoms with Crippen LogP contribution in [0.2, 0.25) is 0 Å². The Labute approximate surface area is 152 Å². The van der Waals surface area contributed by atoms with Crippen molar-refractivity contribution in [1.29, 1.82) is 0 Å². The number of nitrogens with one attached hydrogen (secondary N) is 2. The monoisotopic (exact) mass is 354 g/mol. The molecule has 1 heterocycles. The molecule has 0 aromatic heterocycles. The fourth-order valence-electron chi connectivity index (χ4n) is 3.01. The Kier molecular flexibility index (Phi) is 7.71. The van der Waals surface area contributed by atoms with Gasteiger partial charge in [-0.25, -0.2) is 0 Å². The van der Waals surface area contributed by atoms with Crippen molar-refractivity contribution in [3.05, 3.63) is 35.4 Å². The van der Waals surface area contributed by atoms with Crippen molar-refractivity contribution in [3.63, 3.8) is 0 Å². The summed E-state index contributed by atoms with van der Waals surface area (Å²) in [4.78, 5) is 12.5. The van der Waals surface area contributed by atoms with Gasteiger partial charge in [0.2, 0.25) is 0 Å². The van der Waals surface area contributed by atoms with Crippen LogP contribution in [0.15, 0.2) is 24.3 Å². The molecule has 0 bridgehead atoms. The van der Waals surface area contributed by atoms with E-state index < -0.39 is 5.60 Å². The maximum Gasteiger partial charge on any atom is 0.252 e. The van der Waals surface area contributed by atoms with Gasteiger partial charge in [0, 0.05) is 13.7 Å². The number of carbonyl (C=O) groups is 1. The van der Waals surface area contributed by atoms with E-state index in [-0.39, 0.29) is 23.7 Å². The van der Waals surface area contributed by atoms with Gasteiger partial charge >= 0.3 is 0 Å². The van der Waals surface area contributed by atoms with E-state index in [1.807, 2.05) is 0 Å². The number of piperidine rings is 1. The quantitative estimate of drug-likeness (QED) is 0.854. The van der Waals surface area contributed by atoms with Crippen LogP contribution >= 0.6 is 12.4 Å². The lowest BCUT2D eigenvalue weighted by atomic mass is 9.86. The third-order valence-corrected chi connectivity index (χ3v) is 4.73. The summed E-state index contributed by atoms with van der Waals surface area (Å²) in [6.07, 6.45) is 2.30. The summed E-state index contributed by atoms with van der Waals surface area (Å²) >= 11 is 0. The summed E-state index contributed by atoms with van der Waals surface area (Å²) in [5.41, 5.74) is 2.10. The zero-order chi connectivity index (χ0) is 16.9. The van der Waals surface area contributed by atoms with E-state index in [1.165, 1.54) is 11.1 Å². The summed E-state index contributed by atoms with van der Waals surface area (Å²) in [6, 6.07) is 8.67. The number of benzene rings is 1. The molecule has 5 heteroatoms. The van der Waals surface area contributed by atoms with Crippen molar-refractivity contribution in [1.82, 2.24) is 10.6 Å². The first-order valence-electron chi connectivity index (χ1n) is 8.51. The molecule has 1 aliphatic rings. The maximum absolute atomic E-state index is 12.5. The van der Waals surface area contributed by atoms with E-state index in [9.17, 15) is 4.79 Å². The van der Waals surface area contributed by atoms with Crippen LogP contribution in [0.4, 0.5) is 0 Å². The van der Waals surface area contributed by atoms with E-state index in [0.717, 1.165) is 32.4 Å². The Balaban J connectivity index is 0.00000288. The number of ether oxygens (including phenoxy) is 1. The van der Waals surface area contributed by atoms with Gasteiger partial charge in [-0.05, 0) is 48.9 Å². The number of hydrogen-bond donors (Lipinski definition) is 2. The first-order valence-corrected chi connectivity index (χ1v) is 8.51. The third-order valence-electron chi connectivity index (χ3n) is 4.73. The Bertz CT molecular complexity index is 517. The highest BCUT2D eigenvalue weighted by Crippen LogP contribution is 2.23. The molecule has 0 atom stereocenters. The van der Waals surface area contributed by atoms with Crippen molar-refractivity contribution >= 4 is 18.3 Å². The molecular weight excluding hydrogens is 324 g/mol. The van der Waals surface area contributed by atoms with Gasteiger partial charge in [0.05, 0.1) is 0 Å². The lowest BCUT2D eigenvalue weighted by Crippen LogP contribution is -2.54. The topological polar surface area (TPSA) is 50.4 Å². The molecule has 4 nitrogen and oxygen atoms in total. The van der Waals surface area contributed by atoms with Crippen LogP contribution < -0.4 is 10.6 Å². The standard InChI is InChI=1S/C19H30N2O2.ClH/c1-18(2,3)16-7-5-15(6-8-16)9-12-21-17(22)19(23-4)10-13-20-14-11-19;/h5-8,20H,9-14H2,1-4H3,(H,21,22);1H. The minimum atomic E-state index is -0.651. The van der Waals surface area contributed by atoms with Gasteiger partial charge < -0.3 is 15.4 Å². The molecule has 0 saturated carbocycles. The highest BCUT2D eigenvalue weighted by Gasteiger charge is 2.39. The number of rotatable bonds is 5. The van der Waals surface area contributed by atoms with Crippen molar-refractivity contribution in [2.45, 2.75) is 51.0 Å². The number of halogens is 1. The average molecular weight is 355 g/mol. The molecule has 0 aliphatic carbocycles. The Morgan fingerprint density at radius 3 is 2.29 bits per heavy atom. The lowest BCUT2D eigenvalue weighted by molar-refractivity contribution is -0.146. The Morgan fingerprint density at radius 1 is 1.21 bits per heavy atom. The molecule has 2 N–H and O–H groups in total. The normalized spacial score (nSPS) is 17.0. The van der Waals surface area contributed by atoms with E-state index in [1.54, 1.807) is 7.11 Å². The van der Waals surface area contributed by atoms with Gasteiger partial charge in [-0.15, -0.1) is 12.4 Å². The van der Waals surface area contributed by atoms with Crippen LogP contribution in [0.25, 0.3) is 0 Å². The van der Waals surface area contributed by atoms with Crippen molar-refractivity contribution in [2.24, 2.45) is 0 Å². The number of carbonyl (C=O) groups excluding carboxylic acids is 1. The lowest BCUT2D eigenvalue weighted by Gasteiger charge is -2.34. The summed E-state index contributed by atoms with van der Waals surface area (Å²) in [7, 11) is 1.64. The van der Waals surface area contributed by atoms with Gasteiger partial charge in [-0.2, -0.15) is 0 Å².